The van der Waals surface area contributed by atoms with Crippen molar-refractivity contribution in [3.8, 4) is 23.0 Å². The number of pyridine rings is 4. The van der Waals surface area contributed by atoms with Crippen LogP contribution in [0, 0.1) is 55.4 Å². The first-order valence-electron chi connectivity index (χ1n) is 28.5. The number of rotatable bonds is 8. The molecule has 0 radical (unpaired) electrons. The number of carbonyl (C=O) groups is 4. The molecule has 8 aromatic carbocycles. The van der Waals surface area contributed by atoms with Crippen LogP contribution in [0.2, 0.25) is 0 Å². The number of hydrogen-bond donors (Lipinski definition) is 4. The quantitative estimate of drug-likeness (QED) is 0.110. The van der Waals surface area contributed by atoms with Gasteiger partial charge in [0.15, 0.2) is 49.6 Å². The van der Waals surface area contributed by atoms with Gasteiger partial charge in [0.25, 0.3) is 0 Å². The summed E-state index contributed by atoms with van der Waals surface area (Å²) in [5.41, 5.74) is 9.69. The standard InChI is InChI=1S/2C23H16O6.4C7H9N/c2*24-20-16(14-7-3-1-5-12(14)9-18(20)22(26)27)11-17-15-8-4-2-6-13(15)10-19(21(17)25)23(28)29;4*1-6-3-4-8-5-7(6)2/h2*1-10,24-25H,11H2,(H,26,27)(H,28,29);4*3-5H,1-2H3. The summed E-state index contributed by atoms with van der Waals surface area (Å²) in [7, 11) is 0. The lowest BCUT2D eigenvalue weighted by molar-refractivity contribution is -0.379. The summed E-state index contributed by atoms with van der Waals surface area (Å²) in [6, 6.07) is 40.8. The lowest BCUT2D eigenvalue weighted by atomic mass is 9.90. The maximum absolute atomic E-state index is 12.9. The number of carboxylic acids is 4. The zero-order chi connectivity index (χ0) is 65.3. The fraction of sp³-hybridized carbons (Fsp3) is 0.135. The van der Waals surface area contributed by atoms with Crippen molar-refractivity contribution in [2.45, 2.75) is 68.2 Å². The number of carboxylic acid groups (broad SMARTS) is 4. The van der Waals surface area contributed by atoms with Gasteiger partial charge in [-0.05, 0) is 180 Å². The maximum Gasteiger partial charge on any atom is 0.335 e. The third-order valence-corrected chi connectivity index (χ3v) is 15.5. The molecule has 0 fully saturated rings. The Morgan fingerprint density at radius 3 is 0.644 bits per heavy atom. The number of benzene rings is 8. The number of H-pyrrole nitrogens is 4. The van der Waals surface area contributed by atoms with Gasteiger partial charge in [-0.1, -0.05) is 120 Å². The van der Waals surface area contributed by atoms with E-state index >= 15 is 0 Å². The van der Waals surface area contributed by atoms with Gasteiger partial charge in [-0.25, -0.2) is 39.1 Å². The maximum atomic E-state index is 12.9. The van der Waals surface area contributed by atoms with E-state index < -0.39 is 46.9 Å². The molecule has 16 nitrogen and oxygen atoms in total. The molecule has 0 atom stereocenters. The summed E-state index contributed by atoms with van der Waals surface area (Å²) in [5.74, 6) is -8.13. The van der Waals surface area contributed by atoms with E-state index in [1.807, 2.05) is 49.6 Å². The van der Waals surface area contributed by atoms with Crippen LogP contribution in [0.1, 0.15) is 108 Å². The Bertz CT molecular complexity index is 3960. The first-order chi connectivity index (χ1) is 43.0. The van der Waals surface area contributed by atoms with Crippen LogP contribution in [0.3, 0.4) is 0 Å². The largest absolute Gasteiger partial charge is 0.872 e. The van der Waals surface area contributed by atoms with Gasteiger partial charge in [-0.3, -0.25) is 0 Å². The van der Waals surface area contributed by atoms with E-state index in [0.29, 0.717) is 43.1 Å². The van der Waals surface area contributed by atoms with E-state index in [2.05, 4.69) is 99.6 Å². The highest BCUT2D eigenvalue weighted by molar-refractivity contribution is 6.04. The summed E-state index contributed by atoms with van der Waals surface area (Å²) >= 11 is 0. The Labute approximate surface area is 520 Å². The van der Waals surface area contributed by atoms with Gasteiger partial charge in [-0.15, -0.1) is 0 Å². The second-order valence-corrected chi connectivity index (χ2v) is 21.4. The van der Waals surface area contributed by atoms with Gasteiger partial charge in [0, 0.05) is 46.5 Å². The van der Waals surface area contributed by atoms with Crippen molar-refractivity contribution in [3.63, 3.8) is 0 Å². The second-order valence-electron chi connectivity index (χ2n) is 21.4. The summed E-state index contributed by atoms with van der Waals surface area (Å²) < 4.78 is 0. The highest BCUT2D eigenvalue weighted by Crippen LogP contribution is 2.39. The van der Waals surface area contributed by atoms with E-state index in [-0.39, 0.29) is 57.3 Å². The molecule has 0 aliphatic carbocycles. The molecule has 4 heterocycles. The van der Waals surface area contributed by atoms with Gasteiger partial charge < -0.3 is 40.9 Å². The van der Waals surface area contributed by atoms with Gasteiger partial charge in [0.2, 0.25) is 0 Å². The number of nitrogens with one attached hydrogen (secondary N) is 4. The van der Waals surface area contributed by atoms with Gasteiger partial charge in [0.05, 0.1) is 22.3 Å². The molecule has 0 aliphatic rings. The second kappa shape index (κ2) is 30.2. The zero-order valence-electron chi connectivity index (χ0n) is 50.9. The van der Waals surface area contributed by atoms with E-state index in [1.54, 1.807) is 97.1 Å². The van der Waals surface area contributed by atoms with Crippen LogP contribution in [0.25, 0.3) is 43.1 Å². The number of aryl methyl sites for hydroxylation is 8. The zero-order valence-corrected chi connectivity index (χ0v) is 50.9. The summed E-state index contributed by atoms with van der Waals surface area (Å²) in [6.45, 7) is 16.8. The van der Waals surface area contributed by atoms with Crippen LogP contribution in [0.15, 0.2) is 195 Å². The Hall–Kier alpha value is -11.5. The average molecular weight is 1210 g/mol. The molecular formula is C74H68N4O12. The third kappa shape index (κ3) is 16.1. The van der Waals surface area contributed by atoms with Crippen molar-refractivity contribution in [1.82, 2.24) is 0 Å². The molecule has 8 N–H and O–H groups in total. The van der Waals surface area contributed by atoms with Crippen LogP contribution in [0.4, 0.5) is 0 Å². The predicted molar refractivity (Wildman–Crippen MR) is 337 cm³/mol. The SMILES string of the molecule is Cc1cc[nH+]cc1C.Cc1cc[nH+]cc1C.Cc1cc[nH+]cc1C.Cc1cc[nH+]cc1C.O=C(O)c1cc2ccccc2c(Cc2c([O-])c(C(=O)O)cc3ccccc23)c1[O-].O=C(O)c1cc2ccccc2c(Cc2c([O-])c(C(=O)O)cc3ccccc23)c1[O-]. The van der Waals surface area contributed by atoms with Crippen molar-refractivity contribution in [2.75, 3.05) is 0 Å². The molecule has 0 aliphatic heterocycles. The van der Waals surface area contributed by atoms with Crippen LogP contribution in [-0.4, -0.2) is 44.3 Å². The summed E-state index contributed by atoms with van der Waals surface area (Å²) in [5, 5.41) is 93.6. The minimum Gasteiger partial charge on any atom is -0.872 e. The molecule has 16 heteroatoms. The summed E-state index contributed by atoms with van der Waals surface area (Å²) in [6.07, 6.45) is 15.4. The first-order valence-corrected chi connectivity index (χ1v) is 28.5. The monoisotopic (exact) mass is 1200 g/mol. The van der Waals surface area contributed by atoms with Gasteiger partial charge >= 0.3 is 23.9 Å². The number of aromatic nitrogens is 4. The fourth-order valence-corrected chi connectivity index (χ4v) is 9.67. The molecule has 0 bridgehead atoms. The Balaban J connectivity index is 0.000000173. The first kappa shape index (κ1) is 66.0. The van der Waals surface area contributed by atoms with Crippen molar-refractivity contribution in [1.29, 1.82) is 0 Å². The Morgan fingerprint density at radius 2 is 0.489 bits per heavy atom. The van der Waals surface area contributed by atoms with E-state index in [4.69, 9.17) is 0 Å². The molecule has 0 saturated carbocycles. The molecule has 0 unspecified atom stereocenters. The summed E-state index contributed by atoms with van der Waals surface area (Å²) in [4.78, 5) is 58.2. The molecule has 12 rings (SSSR count). The Morgan fingerprint density at radius 1 is 0.300 bits per heavy atom. The smallest absolute Gasteiger partial charge is 0.335 e. The number of aromatic carboxylic acids is 4. The van der Waals surface area contributed by atoms with Gasteiger partial charge in [0.1, 0.15) is 0 Å². The minimum atomic E-state index is -1.35. The van der Waals surface area contributed by atoms with Crippen molar-refractivity contribution in [2.24, 2.45) is 0 Å². The Kier molecular flexibility index (Phi) is 22.2. The van der Waals surface area contributed by atoms with Crippen molar-refractivity contribution < 1.29 is 80.0 Å². The molecule has 12 aromatic rings. The number of aromatic amines is 4. The molecule has 0 amide bonds. The molecule has 4 aromatic heterocycles. The van der Waals surface area contributed by atoms with Crippen LogP contribution in [-0.2, 0) is 12.8 Å². The van der Waals surface area contributed by atoms with Gasteiger partial charge in [-0.2, -0.15) is 0 Å². The number of hydrogen-bond acceptors (Lipinski definition) is 8. The predicted octanol–water partition coefficient (Wildman–Crippen LogP) is 10.7. The van der Waals surface area contributed by atoms with E-state index in [1.165, 1.54) is 68.8 Å². The minimum absolute atomic E-state index is 0.158. The highest BCUT2D eigenvalue weighted by Gasteiger charge is 2.19. The molecule has 456 valence electrons. The van der Waals surface area contributed by atoms with Crippen LogP contribution < -0.4 is 40.4 Å². The lowest BCUT2D eigenvalue weighted by Gasteiger charge is -2.24. The molecule has 0 spiro atoms. The van der Waals surface area contributed by atoms with E-state index in [0.717, 1.165) is 0 Å². The topological polar surface area (TPSA) is 298 Å². The van der Waals surface area contributed by atoms with E-state index in [9.17, 15) is 60.0 Å². The van der Waals surface area contributed by atoms with Crippen molar-refractivity contribution >= 4 is 67.0 Å². The third-order valence-electron chi connectivity index (χ3n) is 15.5. The molecular weight excluding hydrogens is 1140 g/mol. The fourth-order valence-electron chi connectivity index (χ4n) is 9.67. The molecule has 90 heavy (non-hydrogen) atoms. The lowest BCUT2D eigenvalue weighted by Crippen LogP contribution is -2.11. The highest BCUT2D eigenvalue weighted by atomic mass is 16.4. The molecule has 0 saturated heterocycles. The van der Waals surface area contributed by atoms with Crippen LogP contribution in [0.5, 0.6) is 23.0 Å². The van der Waals surface area contributed by atoms with Crippen molar-refractivity contribution in [3.05, 3.63) is 284 Å². The average Bonchev–Trinajstić information content (AvgIpc) is 1.04. The number of fused-ring (bicyclic) bond motifs is 4. The van der Waals surface area contributed by atoms with Crippen LogP contribution >= 0.6 is 0 Å². The normalized spacial score (nSPS) is 10.4.